The average molecular weight is 235 g/mol. The minimum atomic E-state index is -0.124. The van der Waals surface area contributed by atoms with Gasteiger partial charge in [0, 0.05) is 30.6 Å². The average Bonchev–Trinajstić information content (AvgIpc) is 2.72. The van der Waals surface area contributed by atoms with Crippen molar-refractivity contribution in [3.63, 3.8) is 0 Å². The third kappa shape index (κ3) is 2.16. The zero-order valence-electron chi connectivity index (χ0n) is 11.0. The van der Waals surface area contributed by atoms with Crippen molar-refractivity contribution in [2.45, 2.75) is 53.1 Å². The summed E-state index contributed by atoms with van der Waals surface area (Å²) in [6, 6.07) is 0. The van der Waals surface area contributed by atoms with E-state index >= 15 is 0 Å². The van der Waals surface area contributed by atoms with Gasteiger partial charge in [-0.15, -0.1) is 0 Å². The highest BCUT2D eigenvalue weighted by molar-refractivity contribution is 5.37. The molecule has 1 aromatic rings. The molecule has 0 amide bonds. The van der Waals surface area contributed by atoms with E-state index in [0.29, 0.717) is 0 Å². The summed E-state index contributed by atoms with van der Waals surface area (Å²) in [5.74, 6) is 0.890. The molecule has 0 fully saturated rings. The van der Waals surface area contributed by atoms with Gasteiger partial charge in [-0.1, -0.05) is 20.8 Å². The van der Waals surface area contributed by atoms with E-state index in [1.807, 2.05) is 13.8 Å². The molecule has 1 aromatic heterocycles. The first-order valence-corrected chi connectivity index (χ1v) is 6.60. The maximum atomic E-state index is 11.9. The van der Waals surface area contributed by atoms with Crippen LogP contribution in [0.25, 0.3) is 0 Å². The largest absolute Gasteiger partial charge is 0.427 e. The fraction of sp³-hybridized carbons (Fsp3) is 0.643. The van der Waals surface area contributed by atoms with Gasteiger partial charge in [-0.05, 0) is 24.9 Å². The fourth-order valence-corrected chi connectivity index (χ4v) is 2.70. The number of hydrogen-bond donors (Lipinski definition) is 0. The molecule has 94 valence electrons. The van der Waals surface area contributed by atoms with Crippen molar-refractivity contribution in [1.29, 1.82) is 0 Å². The molecule has 0 atom stereocenters. The summed E-state index contributed by atoms with van der Waals surface area (Å²) in [5.41, 5.74) is 3.28. The van der Waals surface area contributed by atoms with E-state index in [4.69, 9.17) is 4.42 Å². The van der Waals surface area contributed by atoms with Crippen LogP contribution in [0.4, 0.5) is 0 Å². The van der Waals surface area contributed by atoms with Crippen molar-refractivity contribution in [1.82, 2.24) is 4.90 Å². The number of hydrogen-bond acceptors (Lipinski definition) is 3. The van der Waals surface area contributed by atoms with Crippen LogP contribution in [-0.2, 0) is 25.9 Å². The molecule has 3 nitrogen and oxygen atoms in total. The molecule has 0 spiro atoms. The lowest BCUT2D eigenvalue weighted by Crippen LogP contribution is -2.17. The van der Waals surface area contributed by atoms with Gasteiger partial charge < -0.3 is 4.42 Å². The number of fused-ring (bicyclic) bond motifs is 1. The molecule has 1 aliphatic rings. The Balaban J connectivity index is 2.45. The Bertz CT molecular complexity index is 462. The highest BCUT2D eigenvalue weighted by Gasteiger charge is 2.26. The van der Waals surface area contributed by atoms with Crippen LogP contribution in [0, 0.1) is 0 Å². The van der Waals surface area contributed by atoms with Crippen LogP contribution in [0.2, 0.25) is 0 Å². The van der Waals surface area contributed by atoms with Crippen molar-refractivity contribution in [3.8, 4) is 0 Å². The molecule has 17 heavy (non-hydrogen) atoms. The highest BCUT2D eigenvalue weighted by atomic mass is 16.4. The lowest BCUT2D eigenvalue weighted by Gasteiger charge is -2.12. The fourth-order valence-electron chi connectivity index (χ4n) is 2.70. The predicted octanol–water partition coefficient (Wildman–Crippen LogP) is 2.49. The molecule has 0 saturated carbocycles. The lowest BCUT2D eigenvalue weighted by atomic mass is 10.0. The highest BCUT2D eigenvalue weighted by Crippen LogP contribution is 2.27. The van der Waals surface area contributed by atoms with Gasteiger partial charge >= 0.3 is 5.63 Å². The first-order chi connectivity index (χ1) is 8.21. The van der Waals surface area contributed by atoms with Gasteiger partial charge in [0.15, 0.2) is 0 Å². The zero-order valence-corrected chi connectivity index (χ0v) is 11.0. The van der Waals surface area contributed by atoms with E-state index in [9.17, 15) is 4.79 Å². The SMILES string of the molecule is CCCN1Cc2c(CC)oc(=O)c(CC)c2C1. The second-order valence-electron chi connectivity index (χ2n) is 4.67. The van der Waals surface area contributed by atoms with Crippen molar-refractivity contribution in [2.75, 3.05) is 6.54 Å². The van der Waals surface area contributed by atoms with Crippen LogP contribution in [0.1, 0.15) is 49.6 Å². The minimum absolute atomic E-state index is 0.124. The molecule has 3 heteroatoms. The Labute approximate surface area is 102 Å². The van der Waals surface area contributed by atoms with Gasteiger partial charge in [0.2, 0.25) is 0 Å². The van der Waals surface area contributed by atoms with E-state index in [-0.39, 0.29) is 5.63 Å². The Morgan fingerprint density at radius 1 is 1.12 bits per heavy atom. The summed E-state index contributed by atoms with van der Waals surface area (Å²) in [6.07, 6.45) is 2.73. The molecular formula is C14H21NO2. The van der Waals surface area contributed by atoms with Crippen molar-refractivity contribution >= 4 is 0 Å². The third-order valence-electron chi connectivity index (χ3n) is 3.51. The van der Waals surface area contributed by atoms with Gasteiger partial charge in [0.25, 0.3) is 0 Å². The molecule has 2 heterocycles. The van der Waals surface area contributed by atoms with Crippen LogP contribution in [0.5, 0.6) is 0 Å². The third-order valence-corrected chi connectivity index (χ3v) is 3.51. The summed E-state index contributed by atoms with van der Waals surface area (Å²) in [7, 11) is 0. The smallest absolute Gasteiger partial charge is 0.339 e. The van der Waals surface area contributed by atoms with Crippen LogP contribution in [-0.4, -0.2) is 11.4 Å². The molecule has 0 radical (unpaired) electrons. The van der Waals surface area contributed by atoms with Crippen molar-refractivity contribution < 1.29 is 4.42 Å². The van der Waals surface area contributed by atoms with Crippen LogP contribution >= 0.6 is 0 Å². The van der Waals surface area contributed by atoms with Crippen molar-refractivity contribution in [3.05, 3.63) is 32.9 Å². The summed E-state index contributed by atoms with van der Waals surface area (Å²) in [4.78, 5) is 14.3. The monoisotopic (exact) mass is 235 g/mol. The Morgan fingerprint density at radius 3 is 2.41 bits per heavy atom. The van der Waals surface area contributed by atoms with Crippen molar-refractivity contribution in [2.24, 2.45) is 0 Å². The second-order valence-corrected chi connectivity index (χ2v) is 4.67. The molecular weight excluding hydrogens is 214 g/mol. The Hall–Kier alpha value is -1.09. The minimum Gasteiger partial charge on any atom is -0.427 e. The van der Waals surface area contributed by atoms with Crippen LogP contribution in [0.3, 0.4) is 0 Å². The summed E-state index contributed by atoms with van der Waals surface area (Å²) >= 11 is 0. The van der Waals surface area contributed by atoms with E-state index in [0.717, 1.165) is 50.2 Å². The first kappa shape index (κ1) is 12.4. The van der Waals surface area contributed by atoms with E-state index in [1.165, 1.54) is 11.1 Å². The molecule has 0 bridgehead atoms. The molecule has 1 aliphatic heterocycles. The van der Waals surface area contributed by atoms with Crippen LogP contribution < -0.4 is 5.63 Å². The zero-order chi connectivity index (χ0) is 12.4. The molecule has 0 N–H and O–H groups in total. The normalized spacial score (nSPS) is 15.2. The standard InChI is InChI=1S/C14H21NO2/c1-4-7-15-8-11-10(5-2)14(16)17-13(6-3)12(11)9-15/h4-9H2,1-3H3. The lowest BCUT2D eigenvalue weighted by molar-refractivity contribution is 0.283. The predicted molar refractivity (Wildman–Crippen MR) is 68.1 cm³/mol. The van der Waals surface area contributed by atoms with Gasteiger partial charge in [0.1, 0.15) is 5.76 Å². The molecule has 2 rings (SSSR count). The number of nitrogens with zero attached hydrogens (tertiary/aromatic N) is 1. The topological polar surface area (TPSA) is 33.5 Å². The van der Waals surface area contributed by atoms with Gasteiger partial charge in [-0.25, -0.2) is 4.79 Å². The molecule has 0 aromatic carbocycles. The van der Waals surface area contributed by atoms with E-state index in [1.54, 1.807) is 0 Å². The van der Waals surface area contributed by atoms with Gasteiger partial charge in [-0.3, -0.25) is 4.90 Å². The Morgan fingerprint density at radius 2 is 1.82 bits per heavy atom. The molecule has 0 unspecified atom stereocenters. The maximum absolute atomic E-state index is 11.9. The van der Waals surface area contributed by atoms with Gasteiger partial charge in [-0.2, -0.15) is 0 Å². The number of aryl methyl sites for hydroxylation is 1. The summed E-state index contributed by atoms with van der Waals surface area (Å²) in [6.45, 7) is 9.23. The number of rotatable bonds is 4. The second kappa shape index (κ2) is 5.05. The van der Waals surface area contributed by atoms with E-state index < -0.39 is 0 Å². The summed E-state index contributed by atoms with van der Waals surface area (Å²) < 4.78 is 5.44. The first-order valence-electron chi connectivity index (χ1n) is 6.60. The van der Waals surface area contributed by atoms with Gasteiger partial charge in [0.05, 0.1) is 0 Å². The van der Waals surface area contributed by atoms with E-state index in [2.05, 4.69) is 11.8 Å². The molecule has 0 saturated heterocycles. The summed E-state index contributed by atoms with van der Waals surface area (Å²) in [5, 5.41) is 0. The maximum Gasteiger partial charge on any atom is 0.339 e. The Kier molecular flexibility index (Phi) is 3.67. The quantitative estimate of drug-likeness (QED) is 0.804. The van der Waals surface area contributed by atoms with Crippen LogP contribution in [0.15, 0.2) is 9.21 Å². The molecule has 0 aliphatic carbocycles.